The fourth-order valence-corrected chi connectivity index (χ4v) is 2.30. The van der Waals surface area contributed by atoms with Crippen LogP contribution in [0, 0.1) is 0 Å². The molecule has 0 aliphatic rings. The minimum absolute atomic E-state index is 0.399. The number of ether oxygens (including phenoxy) is 1. The number of nitrogens with zero attached hydrogens (tertiary/aromatic N) is 1. The Kier molecular flexibility index (Phi) is 5.18. The standard InChI is InChI=1S/C18H16N2O3S/c21-18(24)20-14-6-8-16(9-7-14)22-11-10-15-12-23-17(19-15)13-4-2-1-3-5-13/h1-9,12H,10-11H2,(H2,20,21,24). The maximum absolute atomic E-state index is 10.8. The second kappa shape index (κ2) is 7.70. The second-order valence-electron chi connectivity index (χ2n) is 5.06. The van der Waals surface area contributed by atoms with Gasteiger partial charge in [-0.2, -0.15) is 0 Å². The first-order valence-electron chi connectivity index (χ1n) is 7.43. The molecular weight excluding hydrogens is 324 g/mol. The molecule has 122 valence electrons. The Labute approximate surface area is 145 Å². The molecule has 1 heterocycles. The highest BCUT2D eigenvalue weighted by molar-refractivity contribution is 7.96. The molecule has 0 spiro atoms. The van der Waals surface area contributed by atoms with E-state index in [4.69, 9.17) is 9.15 Å². The van der Waals surface area contributed by atoms with Crippen molar-refractivity contribution in [1.29, 1.82) is 0 Å². The molecule has 0 radical (unpaired) electrons. The van der Waals surface area contributed by atoms with Crippen LogP contribution in [0.15, 0.2) is 65.3 Å². The highest BCUT2D eigenvalue weighted by Crippen LogP contribution is 2.19. The summed E-state index contributed by atoms with van der Waals surface area (Å²) in [6.07, 6.45) is 2.29. The maximum atomic E-state index is 10.8. The zero-order valence-electron chi connectivity index (χ0n) is 12.8. The van der Waals surface area contributed by atoms with Crippen LogP contribution in [0.3, 0.4) is 0 Å². The number of amides is 1. The van der Waals surface area contributed by atoms with Crippen molar-refractivity contribution in [3.05, 3.63) is 66.6 Å². The highest BCUT2D eigenvalue weighted by atomic mass is 32.1. The third kappa shape index (κ3) is 4.39. The first kappa shape index (κ1) is 16.1. The van der Waals surface area contributed by atoms with Gasteiger partial charge in [0.25, 0.3) is 5.24 Å². The number of aromatic nitrogens is 1. The van der Waals surface area contributed by atoms with E-state index in [1.54, 1.807) is 30.5 Å². The molecule has 0 saturated carbocycles. The van der Waals surface area contributed by atoms with Crippen molar-refractivity contribution >= 4 is 23.6 Å². The van der Waals surface area contributed by atoms with Crippen LogP contribution in [-0.4, -0.2) is 16.8 Å². The number of thiol groups is 1. The monoisotopic (exact) mass is 340 g/mol. The number of carbonyl (C=O) groups is 1. The number of anilines is 1. The van der Waals surface area contributed by atoms with Crippen LogP contribution in [0.1, 0.15) is 5.69 Å². The third-order valence-electron chi connectivity index (χ3n) is 3.31. The lowest BCUT2D eigenvalue weighted by molar-refractivity contribution is 0.270. The number of hydrogen-bond acceptors (Lipinski definition) is 4. The molecule has 0 unspecified atom stereocenters. The minimum atomic E-state index is -0.399. The number of nitrogens with one attached hydrogen (secondary N) is 1. The van der Waals surface area contributed by atoms with Gasteiger partial charge in [0.2, 0.25) is 5.89 Å². The van der Waals surface area contributed by atoms with Gasteiger partial charge < -0.3 is 14.5 Å². The van der Waals surface area contributed by atoms with Gasteiger partial charge in [0, 0.05) is 17.7 Å². The molecule has 1 aromatic heterocycles. The Balaban J connectivity index is 1.52. The van der Waals surface area contributed by atoms with Crippen molar-refractivity contribution in [2.75, 3.05) is 11.9 Å². The molecule has 0 fully saturated rings. The molecule has 0 aliphatic carbocycles. The van der Waals surface area contributed by atoms with Crippen LogP contribution in [0.2, 0.25) is 0 Å². The average molecular weight is 340 g/mol. The minimum Gasteiger partial charge on any atom is -0.493 e. The zero-order valence-corrected chi connectivity index (χ0v) is 13.7. The number of hydrogen-bond donors (Lipinski definition) is 2. The van der Waals surface area contributed by atoms with Gasteiger partial charge in [-0.3, -0.25) is 4.79 Å². The Morgan fingerprint density at radius 3 is 2.58 bits per heavy atom. The van der Waals surface area contributed by atoms with Crippen LogP contribution in [0.5, 0.6) is 5.75 Å². The summed E-state index contributed by atoms with van der Waals surface area (Å²) in [5, 5.41) is 2.18. The van der Waals surface area contributed by atoms with E-state index < -0.39 is 5.24 Å². The van der Waals surface area contributed by atoms with Gasteiger partial charge in [-0.15, -0.1) is 0 Å². The molecule has 0 saturated heterocycles. The Bertz CT molecular complexity index is 801. The van der Waals surface area contributed by atoms with E-state index in [-0.39, 0.29) is 0 Å². The second-order valence-corrected chi connectivity index (χ2v) is 5.47. The van der Waals surface area contributed by atoms with Crippen LogP contribution >= 0.6 is 12.6 Å². The summed E-state index contributed by atoms with van der Waals surface area (Å²) in [5.74, 6) is 1.33. The van der Waals surface area contributed by atoms with Crippen LogP contribution in [-0.2, 0) is 6.42 Å². The van der Waals surface area contributed by atoms with Gasteiger partial charge in [0.05, 0.1) is 12.3 Å². The lowest BCUT2D eigenvalue weighted by Gasteiger charge is -2.06. The normalized spacial score (nSPS) is 10.4. The zero-order chi connectivity index (χ0) is 16.8. The van der Waals surface area contributed by atoms with Crippen LogP contribution < -0.4 is 10.1 Å². The SMILES string of the molecule is O=C(S)Nc1ccc(OCCc2coc(-c3ccccc3)n2)cc1. The molecule has 0 atom stereocenters. The maximum Gasteiger partial charge on any atom is 0.280 e. The fourth-order valence-electron chi connectivity index (χ4n) is 2.17. The van der Waals surface area contributed by atoms with Gasteiger partial charge in [-0.05, 0) is 36.4 Å². The van der Waals surface area contributed by atoms with Crippen LogP contribution in [0.25, 0.3) is 11.5 Å². The quantitative estimate of drug-likeness (QED) is 0.652. The fraction of sp³-hybridized carbons (Fsp3) is 0.111. The Morgan fingerprint density at radius 1 is 1.12 bits per heavy atom. The van der Waals surface area contributed by atoms with E-state index >= 15 is 0 Å². The molecular formula is C18H16N2O3S. The summed E-state index contributed by atoms with van der Waals surface area (Å²) < 4.78 is 11.2. The van der Waals surface area contributed by atoms with Crippen molar-refractivity contribution < 1.29 is 13.9 Å². The first-order chi connectivity index (χ1) is 11.7. The average Bonchev–Trinajstić information content (AvgIpc) is 3.06. The number of rotatable bonds is 6. The molecule has 5 nitrogen and oxygen atoms in total. The molecule has 0 aliphatic heterocycles. The molecule has 0 bridgehead atoms. The summed E-state index contributed by atoms with van der Waals surface area (Å²) >= 11 is 3.66. The largest absolute Gasteiger partial charge is 0.493 e. The summed E-state index contributed by atoms with van der Waals surface area (Å²) in [4.78, 5) is 15.3. The molecule has 1 amide bonds. The Morgan fingerprint density at radius 2 is 1.88 bits per heavy atom. The molecule has 3 rings (SSSR count). The number of oxazole rings is 1. The van der Waals surface area contributed by atoms with Gasteiger partial charge in [0.1, 0.15) is 12.0 Å². The summed E-state index contributed by atoms with van der Waals surface area (Å²) in [6, 6.07) is 16.8. The van der Waals surface area contributed by atoms with E-state index in [0.717, 1.165) is 17.0 Å². The van der Waals surface area contributed by atoms with Gasteiger partial charge in [0.15, 0.2) is 0 Å². The summed E-state index contributed by atoms with van der Waals surface area (Å²) in [5.41, 5.74) is 2.46. The molecule has 2 aromatic carbocycles. The Hall–Kier alpha value is -2.73. The van der Waals surface area contributed by atoms with E-state index in [0.29, 0.717) is 24.6 Å². The predicted molar refractivity (Wildman–Crippen MR) is 95.6 cm³/mol. The number of carbonyl (C=O) groups excluding carboxylic acids is 1. The van der Waals surface area contributed by atoms with Gasteiger partial charge in [-0.1, -0.05) is 30.8 Å². The molecule has 3 aromatic rings. The molecule has 1 N–H and O–H groups in total. The smallest absolute Gasteiger partial charge is 0.280 e. The van der Waals surface area contributed by atoms with E-state index in [1.165, 1.54) is 0 Å². The highest BCUT2D eigenvalue weighted by Gasteiger charge is 2.06. The van der Waals surface area contributed by atoms with Crippen molar-refractivity contribution in [2.24, 2.45) is 0 Å². The van der Waals surface area contributed by atoms with Gasteiger partial charge in [-0.25, -0.2) is 4.98 Å². The molecule has 6 heteroatoms. The van der Waals surface area contributed by atoms with Crippen molar-refractivity contribution in [3.8, 4) is 17.2 Å². The lowest BCUT2D eigenvalue weighted by Crippen LogP contribution is -2.03. The van der Waals surface area contributed by atoms with Gasteiger partial charge >= 0.3 is 0 Å². The van der Waals surface area contributed by atoms with E-state index in [1.807, 2.05) is 30.3 Å². The van der Waals surface area contributed by atoms with Crippen molar-refractivity contribution in [1.82, 2.24) is 4.98 Å². The van der Waals surface area contributed by atoms with Crippen molar-refractivity contribution in [3.63, 3.8) is 0 Å². The van der Waals surface area contributed by atoms with E-state index in [9.17, 15) is 4.79 Å². The van der Waals surface area contributed by atoms with Crippen LogP contribution in [0.4, 0.5) is 10.5 Å². The summed E-state index contributed by atoms with van der Waals surface area (Å²) in [6.45, 7) is 0.485. The topological polar surface area (TPSA) is 64.4 Å². The molecule has 24 heavy (non-hydrogen) atoms. The van der Waals surface area contributed by atoms with E-state index in [2.05, 4.69) is 22.9 Å². The van der Waals surface area contributed by atoms with Crippen molar-refractivity contribution in [2.45, 2.75) is 6.42 Å². The third-order valence-corrected chi connectivity index (χ3v) is 3.42. The predicted octanol–water partition coefficient (Wildman–Crippen LogP) is 4.42. The lowest BCUT2D eigenvalue weighted by atomic mass is 10.2. The number of benzene rings is 2. The summed E-state index contributed by atoms with van der Waals surface area (Å²) in [7, 11) is 0. The first-order valence-corrected chi connectivity index (χ1v) is 7.88.